The van der Waals surface area contributed by atoms with Gasteiger partial charge in [0.25, 0.3) is 0 Å². The van der Waals surface area contributed by atoms with Gasteiger partial charge in [-0.15, -0.1) is 0 Å². The molecule has 6 nitrogen and oxygen atoms in total. The molecular weight excluding hydrogens is 338 g/mol. The maximum Gasteiger partial charge on any atom is 0.194 e. The third kappa shape index (κ3) is 4.89. The van der Waals surface area contributed by atoms with Crippen LogP contribution in [0.25, 0.3) is 0 Å². The molecule has 0 bridgehead atoms. The van der Waals surface area contributed by atoms with Crippen molar-refractivity contribution < 1.29 is 4.74 Å². The summed E-state index contributed by atoms with van der Waals surface area (Å²) in [7, 11) is 3.76. The van der Waals surface area contributed by atoms with Crippen LogP contribution in [0.3, 0.4) is 0 Å². The van der Waals surface area contributed by atoms with Crippen molar-refractivity contribution in [1.29, 1.82) is 0 Å². The highest BCUT2D eigenvalue weighted by atomic mass is 16.5. The number of aromatic nitrogens is 2. The summed E-state index contributed by atoms with van der Waals surface area (Å²) in [5.41, 5.74) is 3.89. The molecule has 0 radical (unpaired) electrons. The molecule has 6 heteroatoms. The van der Waals surface area contributed by atoms with E-state index in [9.17, 15) is 0 Å². The Labute approximate surface area is 162 Å². The van der Waals surface area contributed by atoms with Crippen molar-refractivity contribution in [1.82, 2.24) is 20.0 Å². The average molecular weight is 370 g/mol. The Kier molecular flexibility index (Phi) is 5.85. The van der Waals surface area contributed by atoms with Gasteiger partial charge in [-0.05, 0) is 16.5 Å². The Balaban J connectivity index is 1.60. The standard InChI is InChI=1S/C21H31N5O/c1-21(2,3)18-8-6-16(7-9-18)12-23-20(22-4)26-10-11-27-19(15-26)17-13-24-25(5)14-17/h6-9,13-14,19H,10-12,15H2,1-5H3,(H,22,23). The summed E-state index contributed by atoms with van der Waals surface area (Å²) in [5.74, 6) is 0.909. The van der Waals surface area contributed by atoms with Crippen LogP contribution in [0.2, 0.25) is 0 Å². The van der Waals surface area contributed by atoms with Crippen LogP contribution in [0.15, 0.2) is 41.7 Å². The molecule has 1 fully saturated rings. The van der Waals surface area contributed by atoms with E-state index in [1.165, 1.54) is 11.1 Å². The number of rotatable bonds is 3. The predicted molar refractivity (Wildman–Crippen MR) is 109 cm³/mol. The number of guanidine groups is 1. The molecule has 27 heavy (non-hydrogen) atoms. The molecule has 1 aliphatic heterocycles. The topological polar surface area (TPSA) is 54.7 Å². The number of nitrogens with zero attached hydrogens (tertiary/aromatic N) is 4. The van der Waals surface area contributed by atoms with Crippen LogP contribution in [0.4, 0.5) is 0 Å². The minimum absolute atomic E-state index is 0.0251. The van der Waals surface area contributed by atoms with E-state index in [4.69, 9.17) is 4.74 Å². The highest BCUT2D eigenvalue weighted by molar-refractivity contribution is 5.80. The molecule has 2 aromatic rings. The average Bonchev–Trinajstić information content (AvgIpc) is 3.09. The van der Waals surface area contributed by atoms with Crippen LogP contribution in [0.5, 0.6) is 0 Å². The smallest absolute Gasteiger partial charge is 0.194 e. The normalized spacial score (nSPS) is 18.6. The molecule has 1 saturated heterocycles. The van der Waals surface area contributed by atoms with E-state index in [0.29, 0.717) is 6.61 Å². The van der Waals surface area contributed by atoms with Gasteiger partial charge in [0.2, 0.25) is 0 Å². The fourth-order valence-electron chi connectivity index (χ4n) is 3.29. The Hall–Kier alpha value is -2.34. The summed E-state index contributed by atoms with van der Waals surface area (Å²) in [4.78, 5) is 6.73. The SMILES string of the molecule is CN=C(NCc1ccc(C(C)(C)C)cc1)N1CCOC(c2cnn(C)c2)C1. The maximum atomic E-state index is 5.93. The number of ether oxygens (including phenoxy) is 1. The summed E-state index contributed by atoms with van der Waals surface area (Å²) in [6.07, 6.45) is 3.92. The van der Waals surface area contributed by atoms with E-state index in [1.807, 2.05) is 31.2 Å². The largest absolute Gasteiger partial charge is 0.370 e. The number of hydrogen-bond donors (Lipinski definition) is 1. The molecule has 1 N–H and O–H groups in total. The van der Waals surface area contributed by atoms with Crippen LogP contribution in [-0.4, -0.2) is 47.4 Å². The van der Waals surface area contributed by atoms with Crippen LogP contribution >= 0.6 is 0 Å². The van der Waals surface area contributed by atoms with Gasteiger partial charge in [-0.25, -0.2) is 0 Å². The first kappa shape index (κ1) is 19.4. The molecule has 0 amide bonds. The first-order chi connectivity index (χ1) is 12.9. The number of morpholine rings is 1. The lowest BCUT2D eigenvalue weighted by Crippen LogP contribution is -2.47. The minimum Gasteiger partial charge on any atom is -0.370 e. The van der Waals surface area contributed by atoms with Crippen LogP contribution in [0.1, 0.15) is 43.6 Å². The van der Waals surface area contributed by atoms with E-state index < -0.39 is 0 Å². The number of aryl methyl sites for hydroxylation is 1. The Morgan fingerprint density at radius 3 is 2.63 bits per heavy atom. The lowest BCUT2D eigenvalue weighted by atomic mass is 9.87. The van der Waals surface area contributed by atoms with Crippen molar-refractivity contribution in [3.63, 3.8) is 0 Å². The monoisotopic (exact) mass is 369 g/mol. The van der Waals surface area contributed by atoms with Crippen LogP contribution in [-0.2, 0) is 23.7 Å². The zero-order valence-electron chi connectivity index (χ0n) is 17.1. The third-order valence-corrected chi connectivity index (χ3v) is 4.95. The van der Waals surface area contributed by atoms with Crippen LogP contribution in [0, 0.1) is 0 Å². The molecular formula is C21H31N5O. The van der Waals surface area contributed by atoms with Crippen molar-refractivity contribution in [2.24, 2.45) is 12.0 Å². The van der Waals surface area contributed by atoms with E-state index >= 15 is 0 Å². The molecule has 1 atom stereocenters. The molecule has 0 saturated carbocycles. The Morgan fingerprint density at radius 2 is 2.04 bits per heavy atom. The van der Waals surface area contributed by atoms with Crippen molar-refractivity contribution in [2.45, 2.75) is 38.8 Å². The Morgan fingerprint density at radius 1 is 1.30 bits per heavy atom. The van der Waals surface area contributed by atoms with Gasteiger partial charge in [-0.3, -0.25) is 9.67 Å². The summed E-state index contributed by atoms with van der Waals surface area (Å²) in [5, 5.41) is 7.74. The second-order valence-electron chi connectivity index (χ2n) is 8.10. The summed E-state index contributed by atoms with van der Waals surface area (Å²) < 4.78 is 7.74. The van der Waals surface area contributed by atoms with Crippen molar-refractivity contribution in [3.05, 3.63) is 53.3 Å². The fourth-order valence-corrected chi connectivity index (χ4v) is 3.29. The lowest BCUT2D eigenvalue weighted by molar-refractivity contribution is -0.00805. The zero-order chi connectivity index (χ0) is 19.4. The molecule has 0 aliphatic carbocycles. The van der Waals surface area contributed by atoms with E-state index in [0.717, 1.165) is 31.2 Å². The Bertz CT molecular complexity index is 773. The van der Waals surface area contributed by atoms with Gasteiger partial charge in [0.15, 0.2) is 5.96 Å². The van der Waals surface area contributed by atoms with Crippen molar-refractivity contribution in [2.75, 3.05) is 26.7 Å². The second kappa shape index (κ2) is 8.13. The molecule has 0 spiro atoms. The highest BCUT2D eigenvalue weighted by Crippen LogP contribution is 2.23. The lowest BCUT2D eigenvalue weighted by Gasteiger charge is -2.34. The third-order valence-electron chi connectivity index (χ3n) is 4.95. The number of aliphatic imine (C=N–C) groups is 1. The molecule has 2 heterocycles. The first-order valence-corrected chi connectivity index (χ1v) is 9.52. The molecule has 1 unspecified atom stereocenters. The molecule has 1 aromatic heterocycles. The quantitative estimate of drug-likeness (QED) is 0.668. The first-order valence-electron chi connectivity index (χ1n) is 9.52. The van der Waals surface area contributed by atoms with Gasteiger partial charge in [0.05, 0.1) is 19.3 Å². The molecule has 3 rings (SSSR count). The molecule has 1 aromatic carbocycles. The zero-order valence-corrected chi connectivity index (χ0v) is 17.1. The number of hydrogen-bond acceptors (Lipinski definition) is 3. The van der Waals surface area contributed by atoms with Gasteiger partial charge in [0.1, 0.15) is 6.10 Å². The van der Waals surface area contributed by atoms with E-state index in [2.05, 4.69) is 65.3 Å². The highest BCUT2D eigenvalue weighted by Gasteiger charge is 2.25. The van der Waals surface area contributed by atoms with E-state index in [1.54, 1.807) is 0 Å². The van der Waals surface area contributed by atoms with Gasteiger partial charge in [-0.2, -0.15) is 5.10 Å². The summed E-state index contributed by atoms with van der Waals surface area (Å²) in [6, 6.07) is 8.82. The maximum absolute atomic E-state index is 5.93. The molecule has 146 valence electrons. The summed E-state index contributed by atoms with van der Waals surface area (Å²) >= 11 is 0. The van der Waals surface area contributed by atoms with E-state index in [-0.39, 0.29) is 11.5 Å². The number of nitrogens with one attached hydrogen (secondary N) is 1. The van der Waals surface area contributed by atoms with Crippen molar-refractivity contribution in [3.8, 4) is 0 Å². The predicted octanol–water partition coefficient (Wildman–Crippen LogP) is 2.87. The number of benzene rings is 1. The second-order valence-corrected chi connectivity index (χ2v) is 8.10. The minimum atomic E-state index is 0.0251. The van der Waals surface area contributed by atoms with Gasteiger partial charge in [0, 0.05) is 38.9 Å². The summed E-state index contributed by atoms with van der Waals surface area (Å²) in [6.45, 7) is 9.75. The molecule has 1 aliphatic rings. The van der Waals surface area contributed by atoms with Gasteiger partial charge < -0.3 is 15.0 Å². The van der Waals surface area contributed by atoms with Gasteiger partial charge in [-0.1, -0.05) is 45.0 Å². The van der Waals surface area contributed by atoms with Crippen LogP contribution < -0.4 is 5.32 Å². The van der Waals surface area contributed by atoms with Gasteiger partial charge >= 0.3 is 0 Å². The fraction of sp³-hybridized carbons (Fsp3) is 0.524. The van der Waals surface area contributed by atoms with Crippen molar-refractivity contribution >= 4 is 5.96 Å².